The third-order valence-electron chi connectivity index (χ3n) is 3.11. The summed E-state index contributed by atoms with van der Waals surface area (Å²) in [5.41, 5.74) is 9.51. The van der Waals surface area contributed by atoms with E-state index in [0.717, 1.165) is 29.6 Å². The number of unbranched alkanes of at least 4 members (excludes halogenated alkanes) is 2. The lowest BCUT2D eigenvalue weighted by molar-refractivity contribution is 0.564. The molecule has 0 unspecified atom stereocenters. The van der Waals surface area contributed by atoms with Crippen LogP contribution >= 0.6 is 0 Å². The van der Waals surface area contributed by atoms with Crippen molar-refractivity contribution < 1.29 is 4.79 Å². The van der Waals surface area contributed by atoms with Crippen molar-refractivity contribution in [1.29, 1.82) is 0 Å². The van der Waals surface area contributed by atoms with Crippen LogP contribution in [0, 0.1) is 0 Å². The Hall–Kier alpha value is -1.47. The van der Waals surface area contributed by atoms with Gasteiger partial charge in [0.1, 0.15) is 11.5 Å². The van der Waals surface area contributed by atoms with Crippen molar-refractivity contribution in [2.24, 2.45) is 5.73 Å². The van der Waals surface area contributed by atoms with Crippen LogP contribution in [0.2, 0.25) is 0 Å². The van der Waals surface area contributed by atoms with Crippen LogP contribution in [0.25, 0.3) is 0 Å². The Balaban J connectivity index is 2.94. The molecule has 0 saturated carbocycles. The molecule has 1 heterocycles. The van der Waals surface area contributed by atoms with Crippen molar-refractivity contribution in [3.63, 3.8) is 0 Å². The maximum absolute atomic E-state index is 10.9. The van der Waals surface area contributed by atoms with Gasteiger partial charge in [0.05, 0.1) is 0 Å². The molecule has 0 atom stereocenters. The molecule has 0 aromatic heterocycles. The number of allylic oxidation sites excluding steroid dienone is 3. The third-order valence-corrected chi connectivity index (χ3v) is 3.11. The van der Waals surface area contributed by atoms with E-state index in [2.05, 4.69) is 12.2 Å². The zero-order chi connectivity index (χ0) is 12.1. The van der Waals surface area contributed by atoms with Gasteiger partial charge in [0, 0.05) is 0 Å². The highest BCUT2D eigenvalue weighted by molar-refractivity contribution is 5.65. The van der Waals surface area contributed by atoms with Gasteiger partial charge in [0.25, 0.3) is 0 Å². The summed E-state index contributed by atoms with van der Waals surface area (Å²) in [6.45, 7) is 6.15. The van der Waals surface area contributed by atoms with Crippen molar-refractivity contribution in [3.05, 3.63) is 28.2 Å². The van der Waals surface area contributed by atoms with E-state index in [1.807, 2.05) is 19.8 Å². The molecule has 16 heavy (non-hydrogen) atoms. The minimum Gasteiger partial charge on any atom is -0.385 e. The molecule has 0 radical (unpaired) electrons. The van der Waals surface area contributed by atoms with Crippen LogP contribution in [0.3, 0.4) is 0 Å². The quantitative estimate of drug-likeness (QED) is 0.565. The molecule has 0 spiro atoms. The maximum Gasteiger partial charge on any atom is 0.150 e. The van der Waals surface area contributed by atoms with E-state index in [1.165, 1.54) is 12.8 Å². The second-order valence-electron chi connectivity index (χ2n) is 4.20. The smallest absolute Gasteiger partial charge is 0.150 e. The van der Waals surface area contributed by atoms with Crippen LogP contribution in [0.4, 0.5) is 0 Å². The molecule has 3 nitrogen and oxygen atoms in total. The average molecular weight is 220 g/mol. The second kappa shape index (κ2) is 5.57. The largest absolute Gasteiger partial charge is 0.385 e. The van der Waals surface area contributed by atoms with Gasteiger partial charge in [-0.2, -0.15) is 0 Å². The third kappa shape index (κ3) is 2.56. The first-order valence-electron chi connectivity index (χ1n) is 5.80. The molecule has 0 aromatic carbocycles. The highest BCUT2D eigenvalue weighted by Gasteiger charge is 2.18. The lowest BCUT2D eigenvalue weighted by atomic mass is 9.93. The van der Waals surface area contributed by atoms with Crippen molar-refractivity contribution in [2.45, 2.75) is 46.5 Å². The summed E-state index contributed by atoms with van der Waals surface area (Å²) in [6, 6.07) is 0. The molecule has 1 rings (SSSR count). The summed E-state index contributed by atoms with van der Waals surface area (Å²) in [4.78, 5) is 10.9. The van der Waals surface area contributed by atoms with Crippen LogP contribution in [-0.2, 0) is 4.79 Å². The molecule has 0 bridgehead atoms. The Morgan fingerprint density at radius 1 is 1.25 bits per heavy atom. The molecule has 0 saturated heterocycles. The molecule has 0 fully saturated rings. The number of hydrogen-bond acceptors (Lipinski definition) is 3. The zero-order valence-corrected chi connectivity index (χ0v) is 10.3. The minimum absolute atomic E-state index is 0.511. The first-order chi connectivity index (χ1) is 7.61. The molecule has 88 valence electrons. The van der Waals surface area contributed by atoms with E-state index in [0.29, 0.717) is 11.5 Å². The van der Waals surface area contributed by atoms with E-state index in [1.54, 1.807) is 0 Å². The molecular formula is C13H20N2O. The molecule has 0 amide bonds. The Kier molecular flexibility index (Phi) is 4.39. The van der Waals surface area contributed by atoms with Gasteiger partial charge in [0.15, 0.2) is 5.94 Å². The molecule has 1 aliphatic heterocycles. The summed E-state index contributed by atoms with van der Waals surface area (Å²) >= 11 is 0. The Morgan fingerprint density at radius 2 is 1.94 bits per heavy atom. The lowest BCUT2D eigenvalue weighted by Crippen LogP contribution is -2.27. The summed E-state index contributed by atoms with van der Waals surface area (Å²) in [5, 5.41) is 2.92. The molecule has 0 aliphatic carbocycles. The van der Waals surface area contributed by atoms with E-state index in [4.69, 9.17) is 5.73 Å². The first kappa shape index (κ1) is 12.6. The van der Waals surface area contributed by atoms with Gasteiger partial charge in [-0.1, -0.05) is 19.8 Å². The van der Waals surface area contributed by atoms with Crippen molar-refractivity contribution in [3.8, 4) is 0 Å². The molecule has 0 aromatic rings. The zero-order valence-electron chi connectivity index (χ0n) is 10.3. The van der Waals surface area contributed by atoms with E-state index < -0.39 is 0 Å². The summed E-state index contributed by atoms with van der Waals surface area (Å²) < 4.78 is 0. The fraction of sp³-hybridized carbons (Fsp3) is 0.538. The van der Waals surface area contributed by atoms with Gasteiger partial charge >= 0.3 is 0 Å². The van der Waals surface area contributed by atoms with Crippen molar-refractivity contribution in [2.75, 3.05) is 0 Å². The van der Waals surface area contributed by atoms with E-state index >= 15 is 0 Å². The average Bonchev–Trinajstić information content (AvgIpc) is 2.29. The number of rotatable bonds is 4. The van der Waals surface area contributed by atoms with Gasteiger partial charge < -0.3 is 11.1 Å². The van der Waals surface area contributed by atoms with Crippen LogP contribution in [0.5, 0.6) is 0 Å². The van der Waals surface area contributed by atoms with Crippen LogP contribution in [0.15, 0.2) is 28.2 Å². The monoisotopic (exact) mass is 220 g/mol. The maximum atomic E-state index is 10.9. The molecule has 1 aliphatic rings. The highest BCUT2D eigenvalue weighted by atomic mass is 16.1. The van der Waals surface area contributed by atoms with Gasteiger partial charge in [-0.25, -0.2) is 4.79 Å². The van der Waals surface area contributed by atoms with Crippen LogP contribution in [0.1, 0.15) is 46.5 Å². The normalized spacial score (nSPS) is 16.3. The predicted octanol–water partition coefficient (Wildman–Crippen LogP) is 2.39. The standard InChI is InChI=1S/C13H20N2O/c1-4-5-6-7-11-9(2)10(3)13(14)15-12(11)8-16/h15H,4-7,14H2,1-3H3. The molecule has 3 heteroatoms. The number of nitrogens with two attached hydrogens (primary N) is 1. The fourth-order valence-electron chi connectivity index (χ4n) is 1.87. The molecular weight excluding hydrogens is 200 g/mol. The summed E-state index contributed by atoms with van der Waals surface area (Å²) in [6.07, 6.45) is 4.38. The van der Waals surface area contributed by atoms with E-state index in [9.17, 15) is 4.79 Å². The van der Waals surface area contributed by atoms with Gasteiger partial charge in [-0.3, -0.25) is 0 Å². The van der Waals surface area contributed by atoms with Gasteiger partial charge in [0.2, 0.25) is 0 Å². The lowest BCUT2D eigenvalue weighted by Gasteiger charge is -2.22. The van der Waals surface area contributed by atoms with Crippen LogP contribution in [-0.4, -0.2) is 5.94 Å². The highest BCUT2D eigenvalue weighted by Crippen LogP contribution is 2.27. The van der Waals surface area contributed by atoms with E-state index in [-0.39, 0.29) is 0 Å². The van der Waals surface area contributed by atoms with Crippen LogP contribution < -0.4 is 11.1 Å². The SMILES string of the molecule is CCCCCC1=C(C)C(C)=C(N)NC1=C=O. The van der Waals surface area contributed by atoms with Crippen molar-refractivity contribution >= 4 is 5.94 Å². The summed E-state index contributed by atoms with van der Waals surface area (Å²) in [7, 11) is 0. The number of carbonyl (C=O) groups excluding carboxylic acids is 1. The Labute approximate surface area is 97.1 Å². The Morgan fingerprint density at radius 3 is 2.50 bits per heavy atom. The number of nitrogens with one attached hydrogen (secondary N) is 1. The summed E-state index contributed by atoms with van der Waals surface area (Å²) in [5.74, 6) is 2.51. The second-order valence-corrected chi connectivity index (χ2v) is 4.20. The molecule has 3 N–H and O–H groups in total. The number of hydrogen-bond donors (Lipinski definition) is 2. The topological polar surface area (TPSA) is 55.1 Å². The van der Waals surface area contributed by atoms with Gasteiger partial charge in [-0.05, 0) is 43.4 Å². The van der Waals surface area contributed by atoms with Crippen molar-refractivity contribution in [1.82, 2.24) is 5.32 Å². The Bertz CT molecular complexity index is 385. The number of dihydropyridines is 1. The van der Waals surface area contributed by atoms with Gasteiger partial charge in [-0.15, -0.1) is 0 Å². The minimum atomic E-state index is 0.511. The first-order valence-corrected chi connectivity index (χ1v) is 5.80. The fourth-order valence-corrected chi connectivity index (χ4v) is 1.87. The predicted molar refractivity (Wildman–Crippen MR) is 66.1 cm³/mol.